The van der Waals surface area contributed by atoms with E-state index in [1.165, 1.54) is 0 Å². The molecule has 0 spiro atoms. The van der Waals surface area contributed by atoms with Crippen LogP contribution in [0.3, 0.4) is 0 Å². The Morgan fingerprint density at radius 1 is 0.889 bits per heavy atom. The minimum absolute atomic E-state index is 0.517. The van der Waals surface area contributed by atoms with E-state index in [0.717, 1.165) is 24.2 Å². The van der Waals surface area contributed by atoms with Gasteiger partial charge in [0.25, 0.3) is 0 Å². The summed E-state index contributed by atoms with van der Waals surface area (Å²) in [6, 6.07) is 7.56. The Labute approximate surface area is 116 Å². The molecule has 2 aromatic heterocycles. The van der Waals surface area contributed by atoms with Crippen molar-refractivity contribution in [2.24, 2.45) is 0 Å². The molecule has 0 aliphatic rings. The average Bonchev–Trinajstić information content (AvgIpc) is 2.35. The summed E-state index contributed by atoms with van der Waals surface area (Å²) in [4.78, 5) is 10.3. The lowest BCUT2D eigenvalue weighted by molar-refractivity contribution is 0.318. The van der Waals surface area contributed by atoms with Gasteiger partial charge in [0, 0.05) is 25.5 Å². The summed E-state index contributed by atoms with van der Waals surface area (Å²) in [5.41, 5.74) is 2.26. The van der Waals surface area contributed by atoms with E-state index in [0.29, 0.717) is 10.3 Å². The number of halogens is 2. The molecule has 0 N–H and O–H groups in total. The summed E-state index contributed by atoms with van der Waals surface area (Å²) in [5, 5.41) is 1.03. The van der Waals surface area contributed by atoms with Crippen molar-refractivity contribution in [2.75, 3.05) is 7.05 Å². The highest BCUT2D eigenvalue weighted by Crippen LogP contribution is 2.11. The Balaban J connectivity index is 1.94. The van der Waals surface area contributed by atoms with E-state index in [2.05, 4.69) is 14.9 Å². The molecule has 5 heteroatoms. The molecule has 0 amide bonds. The highest BCUT2D eigenvalue weighted by atomic mass is 35.5. The zero-order valence-electron chi connectivity index (χ0n) is 9.98. The van der Waals surface area contributed by atoms with Crippen LogP contribution >= 0.6 is 23.2 Å². The van der Waals surface area contributed by atoms with E-state index in [1.807, 2.05) is 19.2 Å². The fourth-order valence-electron chi connectivity index (χ4n) is 1.68. The predicted molar refractivity (Wildman–Crippen MR) is 73.7 cm³/mol. The molecule has 18 heavy (non-hydrogen) atoms. The van der Waals surface area contributed by atoms with Gasteiger partial charge in [0.15, 0.2) is 0 Å². The Bertz CT molecular complexity index is 449. The number of nitrogens with zero attached hydrogens (tertiary/aromatic N) is 3. The SMILES string of the molecule is CN(Cc1ccc(Cl)nc1)Cc1ccc(Cl)nc1. The summed E-state index contributed by atoms with van der Waals surface area (Å²) in [6.45, 7) is 1.62. The quantitative estimate of drug-likeness (QED) is 0.805. The van der Waals surface area contributed by atoms with E-state index >= 15 is 0 Å². The Hall–Kier alpha value is -1.16. The van der Waals surface area contributed by atoms with Gasteiger partial charge in [-0.3, -0.25) is 4.90 Å². The summed E-state index contributed by atoms with van der Waals surface area (Å²) in [5.74, 6) is 0. The molecule has 0 atom stereocenters. The highest BCUT2D eigenvalue weighted by molar-refractivity contribution is 6.29. The maximum Gasteiger partial charge on any atom is 0.129 e. The van der Waals surface area contributed by atoms with Crippen molar-refractivity contribution in [3.63, 3.8) is 0 Å². The van der Waals surface area contributed by atoms with Gasteiger partial charge < -0.3 is 0 Å². The number of rotatable bonds is 4. The molecule has 2 aromatic rings. The lowest BCUT2D eigenvalue weighted by atomic mass is 10.2. The van der Waals surface area contributed by atoms with Gasteiger partial charge in [-0.15, -0.1) is 0 Å². The van der Waals surface area contributed by atoms with E-state index in [9.17, 15) is 0 Å². The van der Waals surface area contributed by atoms with Crippen LogP contribution in [0.25, 0.3) is 0 Å². The van der Waals surface area contributed by atoms with E-state index < -0.39 is 0 Å². The Kier molecular flexibility index (Phi) is 4.53. The van der Waals surface area contributed by atoms with Crippen molar-refractivity contribution in [2.45, 2.75) is 13.1 Å². The fourth-order valence-corrected chi connectivity index (χ4v) is 1.90. The normalized spacial score (nSPS) is 10.9. The third-order valence-corrected chi connectivity index (χ3v) is 2.93. The molecule has 0 saturated heterocycles. The van der Waals surface area contributed by atoms with Crippen LogP contribution in [0.4, 0.5) is 0 Å². The molecular weight excluding hydrogens is 269 g/mol. The second-order valence-electron chi connectivity index (χ2n) is 4.15. The largest absolute Gasteiger partial charge is 0.298 e. The van der Waals surface area contributed by atoms with Crippen LogP contribution in [0.1, 0.15) is 11.1 Å². The molecule has 3 nitrogen and oxygen atoms in total. The van der Waals surface area contributed by atoms with Crippen LogP contribution in [-0.4, -0.2) is 21.9 Å². The second-order valence-corrected chi connectivity index (χ2v) is 4.93. The number of pyridine rings is 2. The minimum atomic E-state index is 0.517. The summed E-state index contributed by atoms with van der Waals surface area (Å²) >= 11 is 11.5. The Morgan fingerprint density at radius 2 is 1.33 bits per heavy atom. The maximum atomic E-state index is 5.75. The fraction of sp³-hybridized carbons (Fsp3) is 0.231. The molecule has 0 radical (unpaired) electrons. The zero-order valence-corrected chi connectivity index (χ0v) is 11.5. The van der Waals surface area contributed by atoms with Crippen molar-refractivity contribution in [3.8, 4) is 0 Å². The average molecular weight is 282 g/mol. The first-order valence-electron chi connectivity index (χ1n) is 5.53. The standard InChI is InChI=1S/C13H13Cl2N3/c1-18(8-10-2-4-12(14)16-6-10)9-11-3-5-13(15)17-7-11/h2-7H,8-9H2,1H3. The summed E-state index contributed by atoms with van der Waals surface area (Å²) in [6.07, 6.45) is 3.58. The van der Waals surface area contributed by atoms with Crippen LogP contribution < -0.4 is 0 Å². The number of hydrogen-bond donors (Lipinski definition) is 0. The molecule has 2 heterocycles. The molecule has 0 unspecified atom stereocenters. The highest BCUT2D eigenvalue weighted by Gasteiger charge is 2.03. The van der Waals surface area contributed by atoms with Gasteiger partial charge in [0.2, 0.25) is 0 Å². The van der Waals surface area contributed by atoms with Crippen molar-refractivity contribution in [3.05, 3.63) is 58.1 Å². The third-order valence-electron chi connectivity index (χ3n) is 2.48. The smallest absolute Gasteiger partial charge is 0.129 e. The van der Waals surface area contributed by atoms with E-state index in [-0.39, 0.29) is 0 Å². The molecule has 94 valence electrons. The van der Waals surface area contributed by atoms with Gasteiger partial charge in [-0.05, 0) is 30.3 Å². The monoisotopic (exact) mass is 281 g/mol. The van der Waals surface area contributed by atoms with Crippen molar-refractivity contribution >= 4 is 23.2 Å². The van der Waals surface area contributed by atoms with Gasteiger partial charge in [-0.1, -0.05) is 35.3 Å². The molecular formula is C13H13Cl2N3. The van der Waals surface area contributed by atoms with Gasteiger partial charge in [-0.2, -0.15) is 0 Å². The lowest BCUT2D eigenvalue weighted by Crippen LogP contribution is -2.17. The first kappa shape index (κ1) is 13.3. The molecule has 0 fully saturated rings. The van der Waals surface area contributed by atoms with Crippen LogP contribution in [0.5, 0.6) is 0 Å². The number of aromatic nitrogens is 2. The topological polar surface area (TPSA) is 29.0 Å². The third kappa shape index (κ3) is 3.95. The van der Waals surface area contributed by atoms with Gasteiger partial charge in [-0.25, -0.2) is 9.97 Å². The molecule has 0 bridgehead atoms. The molecule has 0 aliphatic heterocycles. The van der Waals surface area contributed by atoms with Gasteiger partial charge in [0.1, 0.15) is 10.3 Å². The van der Waals surface area contributed by atoms with Gasteiger partial charge >= 0.3 is 0 Å². The first-order chi connectivity index (χ1) is 8.63. The maximum absolute atomic E-state index is 5.75. The van der Waals surface area contributed by atoms with Crippen LogP contribution in [-0.2, 0) is 13.1 Å². The summed E-state index contributed by atoms with van der Waals surface area (Å²) < 4.78 is 0. The summed E-state index contributed by atoms with van der Waals surface area (Å²) in [7, 11) is 2.04. The minimum Gasteiger partial charge on any atom is -0.298 e. The lowest BCUT2D eigenvalue weighted by Gasteiger charge is -2.16. The number of hydrogen-bond acceptors (Lipinski definition) is 3. The predicted octanol–water partition coefficient (Wildman–Crippen LogP) is 3.42. The van der Waals surface area contributed by atoms with Gasteiger partial charge in [0.05, 0.1) is 0 Å². The second kappa shape index (κ2) is 6.14. The van der Waals surface area contributed by atoms with Crippen molar-refractivity contribution in [1.29, 1.82) is 0 Å². The van der Waals surface area contributed by atoms with Crippen molar-refractivity contribution < 1.29 is 0 Å². The zero-order chi connectivity index (χ0) is 13.0. The molecule has 0 aliphatic carbocycles. The van der Waals surface area contributed by atoms with Crippen LogP contribution in [0, 0.1) is 0 Å². The molecule has 2 rings (SSSR count). The first-order valence-corrected chi connectivity index (χ1v) is 6.28. The molecule has 0 saturated carbocycles. The van der Waals surface area contributed by atoms with Crippen LogP contribution in [0.15, 0.2) is 36.7 Å². The molecule has 0 aromatic carbocycles. The Morgan fingerprint density at radius 3 is 1.67 bits per heavy atom. The van der Waals surface area contributed by atoms with E-state index in [4.69, 9.17) is 23.2 Å². The van der Waals surface area contributed by atoms with Crippen LogP contribution in [0.2, 0.25) is 10.3 Å². The van der Waals surface area contributed by atoms with E-state index in [1.54, 1.807) is 24.5 Å². The van der Waals surface area contributed by atoms with Crippen molar-refractivity contribution in [1.82, 2.24) is 14.9 Å².